The van der Waals surface area contributed by atoms with Gasteiger partial charge in [-0.1, -0.05) is 26.0 Å². The number of ether oxygens (including phenoxy) is 2. The molecule has 0 fully saturated rings. The fraction of sp³-hybridized carbons (Fsp3) is 0.321. The second-order valence-electron chi connectivity index (χ2n) is 9.90. The molecule has 1 aliphatic carbocycles. The number of amides is 1. The number of ketones is 1. The van der Waals surface area contributed by atoms with Crippen LogP contribution in [0.2, 0.25) is 0 Å². The molecule has 0 unspecified atom stereocenters. The van der Waals surface area contributed by atoms with E-state index in [1.165, 1.54) is 0 Å². The molecule has 186 valence electrons. The highest BCUT2D eigenvalue weighted by Crippen LogP contribution is 2.46. The van der Waals surface area contributed by atoms with Gasteiger partial charge in [-0.3, -0.25) is 9.59 Å². The monoisotopic (exact) mass is 486 g/mol. The lowest BCUT2D eigenvalue weighted by molar-refractivity contribution is -0.118. The van der Waals surface area contributed by atoms with Crippen LogP contribution in [0.1, 0.15) is 55.6 Å². The van der Waals surface area contributed by atoms with Crippen molar-refractivity contribution >= 4 is 23.2 Å². The van der Waals surface area contributed by atoms with Crippen LogP contribution in [0, 0.1) is 5.41 Å². The summed E-state index contributed by atoms with van der Waals surface area (Å²) in [6, 6.07) is 14.4. The third-order valence-corrected chi connectivity index (χ3v) is 6.60. The molecular formula is C28H30N4O4. The quantitative estimate of drug-likeness (QED) is 0.497. The molecule has 2 heterocycles. The standard InChI is InChI=1S/C28H30N4O4/c1-5-36-20-12-8-18(9-13-20)30-27(34)21-16-29-32-25(17-6-10-19(35-4)11-7-17)24-22(31-26(21)32)14-28(2,3)15-23(24)33/h6-13,16,25,31H,5,14-15H2,1-4H3,(H,30,34)/t25-/m0/s1. The summed E-state index contributed by atoms with van der Waals surface area (Å²) in [6.07, 6.45) is 2.71. The fourth-order valence-corrected chi connectivity index (χ4v) is 4.97. The SMILES string of the molecule is CCOc1ccc(NC(=O)c2cnn3c2NC2=C(C(=O)CC(C)(C)C2)[C@@H]3c2ccc(OC)cc2)cc1. The van der Waals surface area contributed by atoms with Gasteiger partial charge in [-0.05, 0) is 60.7 Å². The summed E-state index contributed by atoms with van der Waals surface area (Å²) in [7, 11) is 1.62. The molecule has 36 heavy (non-hydrogen) atoms. The first-order valence-corrected chi connectivity index (χ1v) is 12.1. The lowest BCUT2D eigenvalue weighted by Crippen LogP contribution is -2.37. The van der Waals surface area contributed by atoms with Gasteiger partial charge in [0.2, 0.25) is 0 Å². The van der Waals surface area contributed by atoms with E-state index in [1.807, 2.05) is 43.3 Å². The third-order valence-electron chi connectivity index (χ3n) is 6.60. The van der Waals surface area contributed by atoms with Crippen molar-refractivity contribution in [3.05, 3.63) is 77.1 Å². The summed E-state index contributed by atoms with van der Waals surface area (Å²) in [5, 5.41) is 10.9. The molecule has 8 heteroatoms. The van der Waals surface area contributed by atoms with E-state index >= 15 is 0 Å². The zero-order chi connectivity index (χ0) is 25.4. The largest absolute Gasteiger partial charge is 0.497 e. The predicted octanol–water partition coefficient (Wildman–Crippen LogP) is 5.20. The molecule has 3 aromatic rings. The molecule has 1 aromatic heterocycles. The summed E-state index contributed by atoms with van der Waals surface area (Å²) in [5.41, 5.74) is 3.33. The highest BCUT2D eigenvalue weighted by atomic mass is 16.5. The van der Waals surface area contributed by atoms with E-state index in [4.69, 9.17) is 9.47 Å². The number of benzene rings is 2. The van der Waals surface area contributed by atoms with Gasteiger partial charge >= 0.3 is 0 Å². The Morgan fingerprint density at radius 1 is 1.11 bits per heavy atom. The van der Waals surface area contributed by atoms with Gasteiger partial charge in [0, 0.05) is 23.4 Å². The molecule has 2 aromatic carbocycles. The van der Waals surface area contributed by atoms with Crippen LogP contribution in [0.4, 0.5) is 11.5 Å². The van der Waals surface area contributed by atoms with E-state index in [0.717, 1.165) is 22.8 Å². The molecule has 1 aliphatic heterocycles. The van der Waals surface area contributed by atoms with Crippen molar-refractivity contribution in [2.24, 2.45) is 5.41 Å². The molecule has 2 N–H and O–H groups in total. The van der Waals surface area contributed by atoms with E-state index in [-0.39, 0.29) is 17.1 Å². The zero-order valence-corrected chi connectivity index (χ0v) is 20.9. The van der Waals surface area contributed by atoms with Crippen molar-refractivity contribution in [2.75, 3.05) is 24.4 Å². The molecule has 8 nitrogen and oxygen atoms in total. The van der Waals surface area contributed by atoms with E-state index in [2.05, 4.69) is 29.6 Å². The van der Waals surface area contributed by atoms with Gasteiger partial charge < -0.3 is 20.1 Å². The second-order valence-corrected chi connectivity index (χ2v) is 9.90. The predicted molar refractivity (Wildman–Crippen MR) is 138 cm³/mol. The van der Waals surface area contributed by atoms with Crippen molar-refractivity contribution in [1.82, 2.24) is 9.78 Å². The van der Waals surface area contributed by atoms with Crippen LogP contribution in [-0.2, 0) is 4.79 Å². The van der Waals surface area contributed by atoms with Crippen LogP contribution in [0.5, 0.6) is 11.5 Å². The summed E-state index contributed by atoms with van der Waals surface area (Å²) in [5.74, 6) is 1.85. The van der Waals surface area contributed by atoms with Crippen LogP contribution >= 0.6 is 0 Å². The smallest absolute Gasteiger partial charge is 0.261 e. The average Bonchev–Trinajstić information content (AvgIpc) is 3.27. The zero-order valence-electron chi connectivity index (χ0n) is 20.9. The van der Waals surface area contributed by atoms with Gasteiger partial charge in [-0.25, -0.2) is 4.68 Å². The number of rotatable bonds is 6. The molecular weight excluding hydrogens is 456 g/mol. The summed E-state index contributed by atoms with van der Waals surface area (Å²) in [4.78, 5) is 26.7. The highest BCUT2D eigenvalue weighted by molar-refractivity contribution is 6.08. The number of hydrogen-bond donors (Lipinski definition) is 2. The number of carbonyl (C=O) groups excluding carboxylic acids is 2. The van der Waals surface area contributed by atoms with E-state index in [9.17, 15) is 9.59 Å². The van der Waals surface area contributed by atoms with E-state index < -0.39 is 6.04 Å². The number of methoxy groups -OCH3 is 1. The van der Waals surface area contributed by atoms with E-state index in [0.29, 0.717) is 42.1 Å². The maximum atomic E-state index is 13.4. The van der Waals surface area contributed by atoms with Gasteiger partial charge in [0.05, 0.1) is 19.9 Å². The first-order valence-electron chi connectivity index (χ1n) is 12.1. The normalized spacial score (nSPS) is 18.1. The number of aromatic nitrogens is 2. The topological polar surface area (TPSA) is 94.5 Å². The number of allylic oxidation sites excluding steroid dienone is 2. The van der Waals surface area contributed by atoms with Gasteiger partial charge in [0.15, 0.2) is 5.78 Å². The van der Waals surface area contributed by atoms with Crippen LogP contribution in [0.15, 0.2) is 66.0 Å². The van der Waals surface area contributed by atoms with Gasteiger partial charge in [-0.2, -0.15) is 5.10 Å². The lowest BCUT2D eigenvalue weighted by Gasteiger charge is -2.39. The highest BCUT2D eigenvalue weighted by Gasteiger charge is 2.42. The Kier molecular flexibility index (Phi) is 6.04. The Labute approximate surface area is 210 Å². The van der Waals surface area contributed by atoms with Crippen molar-refractivity contribution in [3.63, 3.8) is 0 Å². The minimum Gasteiger partial charge on any atom is -0.497 e. The minimum absolute atomic E-state index is 0.0936. The number of carbonyl (C=O) groups is 2. The van der Waals surface area contributed by atoms with Gasteiger partial charge in [-0.15, -0.1) is 0 Å². The molecule has 0 saturated carbocycles. The molecule has 2 aliphatic rings. The van der Waals surface area contributed by atoms with Gasteiger partial charge in [0.25, 0.3) is 5.91 Å². The van der Waals surface area contributed by atoms with Crippen LogP contribution < -0.4 is 20.1 Å². The van der Waals surface area contributed by atoms with Crippen molar-refractivity contribution < 1.29 is 19.1 Å². The maximum Gasteiger partial charge on any atom is 0.261 e. The van der Waals surface area contributed by atoms with Crippen molar-refractivity contribution in [1.29, 1.82) is 0 Å². The maximum absolute atomic E-state index is 13.4. The van der Waals surface area contributed by atoms with Crippen LogP contribution in [0.25, 0.3) is 0 Å². The summed E-state index contributed by atoms with van der Waals surface area (Å²) in [6.45, 7) is 6.67. The number of nitrogens with zero attached hydrogens (tertiary/aromatic N) is 2. The number of anilines is 2. The Bertz CT molecular complexity index is 1340. The first kappa shape index (κ1) is 23.7. The van der Waals surface area contributed by atoms with Crippen molar-refractivity contribution in [3.8, 4) is 11.5 Å². The third kappa shape index (κ3) is 4.34. The molecule has 0 saturated heterocycles. The Morgan fingerprint density at radius 3 is 2.47 bits per heavy atom. The Hall–Kier alpha value is -4.07. The Morgan fingerprint density at radius 2 is 1.81 bits per heavy atom. The number of nitrogens with one attached hydrogen (secondary N) is 2. The Balaban J connectivity index is 1.52. The lowest BCUT2D eigenvalue weighted by atomic mass is 9.73. The molecule has 1 amide bonds. The molecule has 5 rings (SSSR count). The molecule has 0 spiro atoms. The van der Waals surface area contributed by atoms with Crippen LogP contribution in [-0.4, -0.2) is 35.2 Å². The number of hydrogen-bond acceptors (Lipinski definition) is 6. The van der Waals surface area contributed by atoms with E-state index in [1.54, 1.807) is 30.1 Å². The van der Waals surface area contributed by atoms with Crippen LogP contribution in [0.3, 0.4) is 0 Å². The van der Waals surface area contributed by atoms with Crippen molar-refractivity contribution in [2.45, 2.75) is 39.7 Å². The minimum atomic E-state index is -0.433. The number of fused-ring (bicyclic) bond motifs is 1. The first-order chi connectivity index (χ1) is 17.3. The molecule has 0 bridgehead atoms. The van der Waals surface area contributed by atoms with Gasteiger partial charge in [0.1, 0.15) is 28.9 Å². The molecule has 0 radical (unpaired) electrons. The summed E-state index contributed by atoms with van der Waals surface area (Å²) >= 11 is 0. The average molecular weight is 487 g/mol. The molecule has 1 atom stereocenters. The summed E-state index contributed by atoms with van der Waals surface area (Å²) < 4.78 is 12.5. The number of Topliss-reactive ketones (excluding diaryl/α,β-unsaturated/α-hetero) is 1. The second kappa shape index (κ2) is 9.18. The fourth-order valence-electron chi connectivity index (χ4n) is 4.97.